The van der Waals surface area contributed by atoms with Gasteiger partial charge in [-0.1, -0.05) is 13.8 Å². The fourth-order valence-corrected chi connectivity index (χ4v) is 7.46. The molecule has 2 fully saturated rings. The number of aliphatic hydroxyl groups excluding tert-OH is 2. The molecule has 0 radical (unpaired) electrons. The first-order chi connectivity index (χ1) is 23.1. The van der Waals surface area contributed by atoms with Gasteiger partial charge in [-0.3, -0.25) is 28.0 Å². The molecule has 4 rings (SSSR count). The van der Waals surface area contributed by atoms with Crippen LogP contribution < -0.4 is 5.73 Å². The van der Waals surface area contributed by atoms with Gasteiger partial charge in [0.2, 0.25) is 6.29 Å². The number of alkyl halides is 1. The van der Waals surface area contributed by atoms with Gasteiger partial charge in [-0.15, -0.1) is 0 Å². The summed E-state index contributed by atoms with van der Waals surface area (Å²) < 4.78 is 82.6. The number of hydrogen-bond acceptors (Lipinski definition) is 19. The van der Waals surface area contributed by atoms with Gasteiger partial charge in [0.1, 0.15) is 43.4 Å². The van der Waals surface area contributed by atoms with Crippen molar-refractivity contribution in [2.75, 3.05) is 18.9 Å². The lowest BCUT2D eigenvalue weighted by Crippen LogP contribution is -2.56. The van der Waals surface area contributed by atoms with Crippen LogP contribution in [-0.2, 0) is 60.6 Å². The van der Waals surface area contributed by atoms with Gasteiger partial charge in [0, 0.05) is 26.7 Å². The van der Waals surface area contributed by atoms with Gasteiger partial charge in [0.15, 0.2) is 29.9 Å². The Morgan fingerprint density at radius 3 is 2.36 bits per heavy atom. The van der Waals surface area contributed by atoms with Crippen LogP contribution in [0.2, 0.25) is 0 Å². The van der Waals surface area contributed by atoms with Crippen molar-refractivity contribution in [3.8, 4) is 0 Å². The molecule has 5 unspecified atom stereocenters. The van der Waals surface area contributed by atoms with Gasteiger partial charge in [-0.2, -0.15) is 4.31 Å². The van der Waals surface area contributed by atoms with Crippen LogP contribution in [0.5, 0.6) is 0 Å². The van der Waals surface area contributed by atoms with Crippen molar-refractivity contribution in [3.05, 3.63) is 12.7 Å². The topological polar surface area (TPSA) is 310 Å². The van der Waals surface area contributed by atoms with Crippen molar-refractivity contribution in [1.82, 2.24) is 19.5 Å². The van der Waals surface area contributed by atoms with Crippen molar-refractivity contribution in [3.63, 3.8) is 0 Å². The first-order valence-corrected chi connectivity index (χ1v) is 17.6. The van der Waals surface area contributed by atoms with Crippen LogP contribution >= 0.6 is 15.6 Å². The normalized spacial score (nSPS) is 32.8. The van der Waals surface area contributed by atoms with Crippen molar-refractivity contribution in [2.45, 2.75) is 83.5 Å². The highest BCUT2D eigenvalue weighted by Crippen LogP contribution is 2.62. The average Bonchev–Trinajstić information content (AvgIpc) is 3.53. The quantitative estimate of drug-likeness (QED) is 0.102. The number of nitrogens with two attached hydrogens (primary N) is 1. The molecule has 25 heteroatoms. The molecule has 4 heterocycles. The van der Waals surface area contributed by atoms with Gasteiger partial charge in [-0.05, 0) is 5.92 Å². The van der Waals surface area contributed by atoms with E-state index in [0.717, 1.165) is 38.0 Å². The molecule has 0 saturated carbocycles. The van der Waals surface area contributed by atoms with Gasteiger partial charge < -0.3 is 49.4 Å². The number of halogens is 1. The van der Waals surface area contributed by atoms with E-state index >= 15 is 4.39 Å². The third-order valence-electron chi connectivity index (χ3n) is 7.77. The largest absolute Gasteiger partial charge is 0.483 e. The molecule has 22 nitrogen and oxygen atoms in total. The number of anilines is 1. The second kappa shape index (κ2) is 15.2. The zero-order valence-corrected chi connectivity index (χ0v) is 28.8. The number of carbonyl (C=O) groups excluding carboxylic acids is 3. The molecule has 2 saturated heterocycles. The standard InChI is InChI=1S/C25H36FN5O17P2/c1-10-11(2)19(44-14(5)34)24(45-18(10)15(43-13(4)33)6-41-12(3)32)47-50(39,40)48-49(37,38)42-7-25(26)20(36)17(35)23(46-25)31-9-30-16-21(27)28-8-29-22(16)31/h8-11,15,17-20,23-24,35-36H,6-7H2,1-5H3,(H,37,38)(H,39,40)(H2,27,28,29)/t10-,11-,15+,17?,18?,19?,20+,23+,24-,25+/m0/s1. The Bertz CT molecular complexity index is 1680. The summed E-state index contributed by atoms with van der Waals surface area (Å²) in [5, 5.41) is 20.9. The molecule has 0 bridgehead atoms. The Labute approximate surface area is 282 Å². The van der Waals surface area contributed by atoms with Crippen LogP contribution in [0.4, 0.5) is 10.2 Å². The Morgan fingerprint density at radius 2 is 1.74 bits per heavy atom. The number of carbonyl (C=O) groups is 3. The number of hydrogen-bond donors (Lipinski definition) is 5. The number of aliphatic hydroxyl groups is 2. The maximum Gasteiger partial charge on any atom is 0.483 e. The number of phosphoric ester groups is 2. The molecule has 0 aromatic carbocycles. The summed E-state index contributed by atoms with van der Waals surface area (Å²) >= 11 is 0. The summed E-state index contributed by atoms with van der Waals surface area (Å²) in [5.74, 6) is -7.34. The Hall–Kier alpha value is -3.21. The first-order valence-electron chi connectivity index (χ1n) is 14.6. The fourth-order valence-electron chi connectivity index (χ4n) is 5.30. The van der Waals surface area contributed by atoms with Crippen LogP contribution in [0.1, 0.15) is 40.8 Å². The van der Waals surface area contributed by atoms with Gasteiger partial charge in [0.05, 0.1) is 6.33 Å². The lowest BCUT2D eigenvalue weighted by molar-refractivity contribution is -0.270. The van der Waals surface area contributed by atoms with E-state index in [1.807, 2.05) is 0 Å². The van der Waals surface area contributed by atoms with Crippen molar-refractivity contribution in [2.24, 2.45) is 11.8 Å². The molecular formula is C25H36FN5O17P2. The second-order valence-corrected chi connectivity index (χ2v) is 14.4. The Kier molecular flexibility index (Phi) is 12.0. The molecule has 280 valence electrons. The minimum atomic E-state index is -5.80. The smallest absolute Gasteiger partial charge is 0.462 e. The molecule has 2 aromatic heterocycles. The lowest BCUT2D eigenvalue weighted by atomic mass is 9.81. The number of rotatable bonds is 13. The van der Waals surface area contributed by atoms with Crippen LogP contribution in [0, 0.1) is 11.8 Å². The van der Waals surface area contributed by atoms with Gasteiger partial charge in [-0.25, -0.2) is 28.5 Å². The summed E-state index contributed by atoms with van der Waals surface area (Å²) in [6.45, 7) is 4.12. The lowest BCUT2D eigenvalue weighted by Gasteiger charge is -2.45. The van der Waals surface area contributed by atoms with Crippen molar-refractivity contribution < 1.29 is 84.9 Å². The molecule has 2 aliphatic rings. The minimum Gasteiger partial charge on any atom is -0.462 e. The molecule has 50 heavy (non-hydrogen) atoms. The summed E-state index contributed by atoms with van der Waals surface area (Å²) in [6.07, 6.45) is -10.1. The number of esters is 3. The highest BCUT2D eigenvalue weighted by Gasteiger charge is 2.58. The fraction of sp³-hybridized carbons (Fsp3) is 0.680. The van der Waals surface area contributed by atoms with E-state index in [1.165, 1.54) is 6.92 Å². The zero-order chi connectivity index (χ0) is 37.3. The zero-order valence-electron chi connectivity index (χ0n) is 27.0. The van der Waals surface area contributed by atoms with E-state index in [9.17, 15) is 43.5 Å². The molecule has 0 aliphatic carbocycles. The highest BCUT2D eigenvalue weighted by molar-refractivity contribution is 7.61. The summed E-state index contributed by atoms with van der Waals surface area (Å²) in [5.41, 5.74) is 5.75. The van der Waals surface area contributed by atoms with Crippen LogP contribution in [0.25, 0.3) is 11.2 Å². The maximum absolute atomic E-state index is 15.8. The van der Waals surface area contributed by atoms with Gasteiger partial charge in [0.25, 0.3) is 5.85 Å². The second-order valence-electron chi connectivity index (χ2n) is 11.4. The number of nitrogen functional groups attached to an aromatic ring is 1. The number of aromatic nitrogens is 4. The SMILES string of the molecule is CC(=O)OC[C@@H](OC(C)=O)C1O[C@@H](OP(=O)(O)OP(=O)(O)OC[C@@]2(F)O[C@@H](n3cnc4c(N)ncnc43)C(O)[C@H]2O)C(OC(C)=O)[C@@H](C)[C@@H]1C. The average molecular weight is 760 g/mol. The van der Waals surface area contributed by atoms with E-state index in [1.54, 1.807) is 6.92 Å². The van der Waals surface area contributed by atoms with Crippen LogP contribution in [0.3, 0.4) is 0 Å². The van der Waals surface area contributed by atoms with E-state index in [0.29, 0.717) is 0 Å². The number of ether oxygens (including phenoxy) is 5. The molecule has 0 spiro atoms. The highest BCUT2D eigenvalue weighted by atomic mass is 31.3. The first kappa shape index (κ1) is 39.6. The number of imidazole rings is 1. The molecule has 2 aromatic rings. The summed E-state index contributed by atoms with van der Waals surface area (Å²) in [4.78, 5) is 67.4. The van der Waals surface area contributed by atoms with Crippen LogP contribution in [0.15, 0.2) is 12.7 Å². The maximum atomic E-state index is 15.8. The van der Waals surface area contributed by atoms with Crippen LogP contribution in [-0.4, -0.2) is 113 Å². The third-order valence-corrected chi connectivity index (χ3v) is 10.3. The predicted octanol–water partition coefficient (Wildman–Crippen LogP) is -0.000900. The minimum absolute atomic E-state index is 0.0260. The van der Waals surface area contributed by atoms with Gasteiger partial charge >= 0.3 is 33.6 Å². The Morgan fingerprint density at radius 1 is 1.06 bits per heavy atom. The predicted molar refractivity (Wildman–Crippen MR) is 158 cm³/mol. The van der Waals surface area contributed by atoms with E-state index in [-0.39, 0.29) is 17.0 Å². The van der Waals surface area contributed by atoms with Crippen molar-refractivity contribution in [1.29, 1.82) is 0 Å². The third kappa shape index (κ3) is 8.98. The molecule has 6 N–H and O–H groups in total. The number of fused-ring (bicyclic) bond motifs is 1. The van der Waals surface area contributed by atoms with Crippen molar-refractivity contribution >= 4 is 50.5 Å². The Balaban J connectivity index is 1.48. The number of nitrogens with zero attached hydrogens (tertiary/aromatic N) is 4. The summed E-state index contributed by atoms with van der Waals surface area (Å²) in [7, 11) is -11.6. The molecule has 0 amide bonds. The molecule has 2 aliphatic heterocycles. The van der Waals surface area contributed by atoms with E-state index in [2.05, 4.69) is 23.8 Å². The van der Waals surface area contributed by atoms with E-state index < -0.39 is 107 Å². The molecular weight excluding hydrogens is 723 g/mol. The summed E-state index contributed by atoms with van der Waals surface area (Å²) in [6, 6.07) is 0. The monoisotopic (exact) mass is 759 g/mol. The molecule has 12 atom stereocenters. The van der Waals surface area contributed by atoms with E-state index in [4.69, 9.17) is 33.9 Å². The number of phosphoric acid groups is 2.